The van der Waals surface area contributed by atoms with Crippen LogP contribution in [-0.2, 0) is 14.3 Å². The Morgan fingerprint density at radius 3 is 2.81 bits per heavy atom. The van der Waals surface area contributed by atoms with Gasteiger partial charge in [0.2, 0.25) is 0 Å². The predicted molar refractivity (Wildman–Crippen MR) is 76.4 cm³/mol. The molecule has 1 aliphatic heterocycles. The number of aryl methyl sites for hydroxylation is 1. The summed E-state index contributed by atoms with van der Waals surface area (Å²) in [4.78, 5) is 24.3. The van der Waals surface area contributed by atoms with Crippen molar-refractivity contribution in [1.29, 1.82) is 0 Å². The number of carbonyl (C=O) groups excluding carboxylic acids is 1. The molecule has 1 aliphatic rings. The van der Waals surface area contributed by atoms with Gasteiger partial charge in [-0.15, -0.1) is 0 Å². The molecule has 21 heavy (non-hydrogen) atoms. The minimum Gasteiger partial charge on any atom is -0.467 e. The summed E-state index contributed by atoms with van der Waals surface area (Å²) in [5.41, 5.74) is 1.35. The van der Waals surface area contributed by atoms with Gasteiger partial charge in [-0.2, -0.15) is 0 Å². The molecule has 0 spiro atoms. The van der Waals surface area contributed by atoms with Crippen LogP contribution in [0.4, 0.5) is 11.4 Å². The van der Waals surface area contributed by atoms with Crippen molar-refractivity contribution >= 4 is 17.3 Å². The van der Waals surface area contributed by atoms with E-state index >= 15 is 0 Å². The third-order valence-corrected chi connectivity index (χ3v) is 3.39. The van der Waals surface area contributed by atoms with Crippen molar-refractivity contribution < 1.29 is 19.2 Å². The summed E-state index contributed by atoms with van der Waals surface area (Å²) in [5, 5.41) is 11.2. The van der Waals surface area contributed by atoms with Crippen molar-refractivity contribution in [1.82, 2.24) is 0 Å². The SMILES string of the molecule is COC(=O)[C@H]1CN(c2ccc(C)cc2[N+](=O)[O-])C[C@@H](C)O1. The molecule has 0 saturated carbocycles. The Bertz CT molecular complexity index is 560. The number of methoxy groups -OCH3 is 1. The third kappa shape index (κ3) is 3.30. The Hall–Kier alpha value is -2.15. The standard InChI is InChI=1S/C14H18N2O5/c1-9-4-5-11(12(6-9)16(18)19)15-7-10(2)21-13(8-15)14(17)20-3/h4-6,10,13H,7-8H2,1-3H3/t10-,13-/m1/s1. The van der Waals surface area contributed by atoms with E-state index in [0.29, 0.717) is 12.2 Å². The van der Waals surface area contributed by atoms with Crippen molar-refractivity contribution in [3.8, 4) is 0 Å². The molecule has 1 aromatic rings. The van der Waals surface area contributed by atoms with Crippen LogP contribution in [-0.4, -0.2) is 43.3 Å². The number of benzene rings is 1. The van der Waals surface area contributed by atoms with Crippen LogP contribution in [0.3, 0.4) is 0 Å². The van der Waals surface area contributed by atoms with E-state index in [4.69, 9.17) is 9.47 Å². The van der Waals surface area contributed by atoms with Crippen molar-refractivity contribution in [3.05, 3.63) is 33.9 Å². The number of nitro benzene ring substituents is 1. The molecule has 1 fully saturated rings. The Kier molecular flexibility index (Phi) is 4.42. The number of morpholine rings is 1. The summed E-state index contributed by atoms with van der Waals surface area (Å²) < 4.78 is 10.2. The van der Waals surface area contributed by atoms with Gasteiger partial charge in [-0.1, -0.05) is 6.07 Å². The Balaban J connectivity index is 2.32. The van der Waals surface area contributed by atoms with E-state index in [1.54, 1.807) is 17.9 Å². The second-order valence-electron chi connectivity index (χ2n) is 5.11. The number of esters is 1. The number of anilines is 1. The van der Waals surface area contributed by atoms with Crippen LogP contribution in [0.5, 0.6) is 0 Å². The second kappa shape index (κ2) is 6.09. The average Bonchev–Trinajstić information content (AvgIpc) is 2.45. The maximum absolute atomic E-state index is 11.7. The third-order valence-electron chi connectivity index (χ3n) is 3.39. The molecule has 0 bridgehead atoms. The fourth-order valence-corrected chi connectivity index (χ4v) is 2.46. The first-order valence-corrected chi connectivity index (χ1v) is 6.65. The van der Waals surface area contributed by atoms with E-state index in [-0.39, 0.29) is 18.3 Å². The van der Waals surface area contributed by atoms with E-state index in [0.717, 1.165) is 5.56 Å². The lowest BCUT2D eigenvalue weighted by Gasteiger charge is -2.36. The minimum atomic E-state index is -0.736. The number of hydrogen-bond acceptors (Lipinski definition) is 6. The number of nitro groups is 1. The van der Waals surface area contributed by atoms with Crippen LogP contribution < -0.4 is 4.90 Å². The molecule has 1 aromatic carbocycles. The monoisotopic (exact) mass is 294 g/mol. The Morgan fingerprint density at radius 2 is 2.19 bits per heavy atom. The van der Waals surface area contributed by atoms with Gasteiger partial charge in [0, 0.05) is 12.6 Å². The summed E-state index contributed by atoms with van der Waals surface area (Å²) in [6.07, 6.45) is -0.955. The molecule has 0 amide bonds. The molecule has 0 radical (unpaired) electrons. The Labute approximate surface area is 122 Å². The van der Waals surface area contributed by atoms with Gasteiger partial charge >= 0.3 is 5.97 Å². The van der Waals surface area contributed by atoms with Crippen LogP contribution in [0.2, 0.25) is 0 Å². The molecule has 0 N–H and O–H groups in total. The fraction of sp³-hybridized carbons (Fsp3) is 0.500. The van der Waals surface area contributed by atoms with Crippen LogP contribution in [0.25, 0.3) is 0 Å². The molecule has 0 aliphatic carbocycles. The quantitative estimate of drug-likeness (QED) is 0.479. The number of ether oxygens (including phenoxy) is 2. The summed E-state index contributed by atoms with van der Waals surface area (Å²) in [7, 11) is 1.30. The molecule has 1 saturated heterocycles. The van der Waals surface area contributed by atoms with E-state index in [1.165, 1.54) is 13.2 Å². The molecule has 1 heterocycles. The van der Waals surface area contributed by atoms with Crippen molar-refractivity contribution in [2.24, 2.45) is 0 Å². The van der Waals surface area contributed by atoms with Crippen LogP contribution in [0, 0.1) is 17.0 Å². The van der Waals surface area contributed by atoms with Crippen molar-refractivity contribution in [2.75, 3.05) is 25.1 Å². The Morgan fingerprint density at radius 1 is 1.48 bits per heavy atom. The normalized spacial score (nSPS) is 22.0. The van der Waals surface area contributed by atoms with Crippen LogP contribution in [0.15, 0.2) is 18.2 Å². The van der Waals surface area contributed by atoms with Gasteiger partial charge in [0.1, 0.15) is 5.69 Å². The van der Waals surface area contributed by atoms with Crippen LogP contribution >= 0.6 is 0 Å². The molecule has 0 unspecified atom stereocenters. The second-order valence-corrected chi connectivity index (χ2v) is 5.11. The summed E-state index contributed by atoms with van der Waals surface area (Å²) in [5.74, 6) is -0.471. The smallest absolute Gasteiger partial charge is 0.336 e. The van der Waals surface area contributed by atoms with E-state index < -0.39 is 17.0 Å². The van der Waals surface area contributed by atoms with Gasteiger partial charge in [0.25, 0.3) is 5.69 Å². The van der Waals surface area contributed by atoms with Crippen molar-refractivity contribution in [2.45, 2.75) is 26.1 Å². The highest BCUT2D eigenvalue weighted by atomic mass is 16.6. The van der Waals surface area contributed by atoms with Gasteiger partial charge in [-0.3, -0.25) is 10.1 Å². The van der Waals surface area contributed by atoms with Crippen LogP contribution in [0.1, 0.15) is 12.5 Å². The molecule has 0 aromatic heterocycles. The number of nitrogens with zero attached hydrogens (tertiary/aromatic N) is 2. The maximum atomic E-state index is 11.7. The van der Waals surface area contributed by atoms with Gasteiger partial charge in [-0.25, -0.2) is 4.79 Å². The predicted octanol–water partition coefficient (Wildman–Crippen LogP) is 1.67. The largest absolute Gasteiger partial charge is 0.467 e. The van der Waals surface area contributed by atoms with E-state index in [1.807, 2.05) is 13.0 Å². The van der Waals surface area contributed by atoms with E-state index in [9.17, 15) is 14.9 Å². The summed E-state index contributed by atoms with van der Waals surface area (Å²) in [6.45, 7) is 4.34. The first-order valence-electron chi connectivity index (χ1n) is 6.65. The molecule has 2 rings (SSSR count). The van der Waals surface area contributed by atoms with Gasteiger partial charge in [0.05, 0.1) is 24.7 Å². The minimum absolute atomic E-state index is 0.0349. The van der Waals surface area contributed by atoms with Gasteiger partial charge in [0.15, 0.2) is 6.10 Å². The summed E-state index contributed by atoms with van der Waals surface area (Å²) >= 11 is 0. The highest BCUT2D eigenvalue weighted by Gasteiger charge is 2.33. The van der Waals surface area contributed by atoms with Gasteiger partial charge < -0.3 is 14.4 Å². The molecular formula is C14H18N2O5. The van der Waals surface area contributed by atoms with Crippen molar-refractivity contribution in [3.63, 3.8) is 0 Å². The fourth-order valence-electron chi connectivity index (χ4n) is 2.46. The lowest BCUT2D eigenvalue weighted by atomic mass is 10.1. The number of carbonyl (C=O) groups is 1. The number of rotatable bonds is 3. The zero-order valence-corrected chi connectivity index (χ0v) is 12.2. The zero-order chi connectivity index (χ0) is 15.6. The molecule has 7 heteroatoms. The molecule has 7 nitrogen and oxygen atoms in total. The summed E-state index contributed by atoms with van der Waals surface area (Å²) in [6, 6.07) is 5.05. The lowest BCUT2D eigenvalue weighted by molar-refractivity contribution is -0.384. The molecule has 2 atom stereocenters. The highest BCUT2D eigenvalue weighted by Crippen LogP contribution is 2.31. The zero-order valence-electron chi connectivity index (χ0n) is 12.2. The topological polar surface area (TPSA) is 81.9 Å². The van der Waals surface area contributed by atoms with Gasteiger partial charge in [-0.05, 0) is 25.5 Å². The number of hydrogen-bond donors (Lipinski definition) is 0. The first-order chi connectivity index (χ1) is 9.92. The maximum Gasteiger partial charge on any atom is 0.336 e. The molecule has 114 valence electrons. The molecular weight excluding hydrogens is 276 g/mol. The average molecular weight is 294 g/mol. The lowest BCUT2D eigenvalue weighted by Crippen LogP contribution is -2.50. The highest BCUT2D eigenvalue weighted by molar-refractivity contribution is 5.76. The first kappa shape index (κ1) is 15.2. The van der Waals surface area contributed by atoms with E-state index in [2.05, 4.69) is 0 Å².